The zero-order valence-corrected chi connectivity index (χ0v) is 11.7. The van der Waals surface area contributed by atoms with Crippen molar-refractivity contribution >= 4 is 11.0 Å². The molecule has 0 saturated heterocycles. The maximum atomic E-state index is 4.64. The molecule has 0 bridgehead atoms. The second-order valence-corrected chi connectivity index (χ2v) is 4.97. The van der Waals surface area contributed by atoms with Gasteiger partial charge in [-0.1, -0.05) is 12.1 Å². The van der Waals surface area contributed by atoms with Crippen LogP contribution in [0.5, 0.6) is 0 Å². The molecule has 0 radical (unpaired) electrons. The summed E-state index contributed by atoms with van der Waals surface area (Å²) < 4.78 is 1.89. The third kappa shape index (κ3) is 2.67. The lowest BCUT2D eigenvalue weighted by Gasteiger charge is -2.16. The van der Waals surface area contributed by atoms with Crippen LogP contribution in [0.25, 0.3) is 11.0 Å². The summed E-state index contributed by atoms with van der Waals surface area (Å²) in [5.74, 6) is 0. The summed E-state index contributed by atoms with van der Waals surface area (Å²) in [4.78, 5) is 11.3. The normalized spacial score (nSPS) is 11.3. The third-order valence-electron chi connectivity index (χ3n) is 3.28. The molecule has 2 heterocycles. The SMILES string of the molecule is CN(Cc1cnc2ccccc2n1)Cc1ccnn1C. The van der Waals surface area contributed by atoms with Gasteiger partial charge in [-0.2, -0.15) is 5.10 Å². The number of hydrogen-bond acceptors (Lipinski definition) is 4. The quantitative estimate of drug-likeness (QED) is 0.725. The number of fused-ring (bicyclic) bond motifs is 1. The predicted molar refractivity (Wildman–Crippen MR) is 77.9 cm³/mol. The molecule has 0 amide bonds. The monoisotopic (exact) mass is 267 g/mol. The fraction of sp³-hybridized carbons (Fsp3) is 0.267. The standard InChI is InChI=1S/C15H17N5/c1-19(11-13-7-8-17-20(13)2)10-12-9-16-14-5-3-4-6-15(14)18-12/h3-9H,10-11H2,1-2H3. The highest BCUT2D eigenvalue weighted by Gasteiger charge is 2.06. The highest BCUT2D eigenvalue weighted by atomic mass is 15.3. The van der Waals surface area contributed by atoms with E-state index >= 15 is 0 Å². The van der Waals surface area contributed by atoms with Crippen LogP contribution in [0.3, 0.4) is 0 Å². The van der Waals surface area contributed by atoms with Crippen LogP contribution in [0, 0.1) is 0 Å². The Morgan fingerprint density at radius 2 is 1.90 bits per heavy atom. The molecule has 20 heavy (non-hydrogen) atoms. The van der Waals surface area contributed by atoms with Gasteiger partial charge in [-0.3, -0.25) is 14.6 Å². The number of hydrogen-bond donors (Lipinski definition) is 0. The van der Waals surface area contributed by atoms with Gasteiger partial charge in [0.05, 0.1) is 28.6 Å². The first kappa shape index (κ1) is 12.7. The average Bonchev–Trinajstić information content (AvgIpc) is 2.84. The van der Waals surface area contributed by atoms with E-state index in [1.54, 1.807) is 0 Å². The summed E-state index contributed by atoms with van der Waals surface area (Å²) in [7, 11) is 4.03. The molecule has 3 aromatic rings. The molecule has 0 aliphatic carbocycles. The molecule has 5 heteroatoms. The Bertz CT molecular complexity index is 719. The Morgan fingerprint density at radius 1 is 1.10 bits per heavy atom. The van der Waals surface area contributed by atoms with Gasteiger partial charge in [0.1, 0.15) is 0 Å². The minimum atomic E-state index is 0.767. The first-order valence-electron chi connectivity index (χ1n) is 6.58. The van der Waals surface area contributed by atoms with Gasteiger partial charge in [0.2, 0.25) is 0 Å². The minimum absolute atomic E-state index is 0.767. The maximum absolute atomic E-state index is 4.64. The van der Waals surface area contributed by atoms with Crippen LogP contribution >= 0.6 is 0 Å². The molecule has 0 N–H and O–H groups in total. The molecule has 102 valence electrons. The van der Waals surface area contributed by atoms with Gasteiger partial charge in [-0.15, -0.1) is 0 Å². The first-order chi connectivity index (χ1) is 9.72. The van der Waals surface area contributed by atoms with E-state index in [2.05, 4.69) is 27.0 Å². The van der Waals surface area contributed by atoms with Crippen molar-refractivity contribution in [2.24, 2.45) is 7.05 Å². The second kappa shape index (κ2) is 5.38. The number of rotatable bonds is 4. The molecule has 0 spiro atoms. The number of benzene rings is 1. The van der Waals surface area contributed by atoms with Crippen molar-refractivity contribution in [3.05, 3.63) is 54.1 Å². The Labute approximate surface area is 117 Å². The lowest BCUT2D eigenvalue weighted by Crippen LogP contribution is -2.19. The van der Waals surface area contributed by atoms with Gasteiger partial charge in [-0.05, 0) is 25.2 Å². The minimum Gasteiger partial charge on any atom is -0.295 e. The molecule has 5 nitrogen and oxygen atoms in total. The Hall–Kier alpha value is -2.27. The van der Waals surface area contributed by atoms with E-state index in [1.165, 1.54) is 5.69 Å². The Morgan fingerprint density at radius 3 is 2.65 bits per heavy atom. The van der Waals surface area contributed by atoms with Crippen molar-refractivity contribution in [2.45, 2.75) is 13.1 Å². The van der Waals surface area contributed by atoms with Gasteiger partial charge in [0.25, 0.3) is 0 Å². The lowest BCUT2D eigenvalue weighted by atomic mass is 10.3. The highest BCUT2D eigenvalue weighted by Crippen LogP contribution is 2.10. The molecule has 2 aromatic heterocycles. The van der Waals surface area contributed by atoms with E-state index in [-0.39, 0.29) is 0 Å². The van der Waals surface area contributed by atoms with Gasteiger partial charge in [0.15, 0.2) is 0 Å². The molecular formula is C15H17N5. The molecular weight excluding hydrogens is 250 g/mol. The van der Waals surface area contributed by atoms with Crippen molar-refractivity contribution in [3.63, 3.8) is 0 Å². The largest absolute Gasteiger partial charge is 0.295 e. The van der Waals surface area contributed by atoms with Crippen LogP contribution in [0.15, 0.2) is 42.7 Å². The van der Waals surface area contributed by atoms with Crippen molar-refractivity contribution in [3.8, 4) is 0 Å². The molecule has 1 aromatic carbocycles. The van der Waals surface area contributed by atoms with Crippen LogP contribution in [-0.2, 0) is 20.1 Å². The van der Waals surface area contributed by atoms with Crippen LogP contribution in [0.1, 0.15) is 11.4 Å². The topological polar surface area (TPSA) is 46.8 Å². The average molecular weight is 267 g/mol. The van der Waals surface area contributed by atoms with Crippen LogP contribution in [-0.4, -0.2) is 31.7 Å². The van der Waals surface area contributed by atoms with E-state index < -0.39 is 0 Å². The summed E-state index contributed by atoms with van der Waals surface area (Å²) in [5.41, 5.74) is 4.04. The van der Waals surface area contributed by atoms with E-state index in [0.717, 1.165) is 29.8 Å². The van der Waals surface area contributed by atoms with E-state index in [0.29, 0.717) is 0 Å². The van der Waals surface area contributed by atoms with Gasteiger partial charge in [-0.25, -0.2) is 4.98 Å². The maximum Gasteiger partial charge on any atom is 0.0890 e. The Kier molecular flexibility index (Phi) is 3.43. The summed E-state index contributed by atoms with van der Waals surface area (Å²) in [6.45, 7) is 1.61. The summed E-state index contributed by atoms with van der Waals surface area (Å²) in [6, 6.07) is 9.96. The van der Waals surface area contributed by atoms with E-state index in [9.17, 15) is 0 Å². The first-order valence-corrected chi connectivity index (χ1v) is 6.58. The van der Waals surface area contributed by atoms with Crippen LogP contribution in [0.4, 0.5) is 0 Å². The fourth-order valence-electron chi connectivity index (χ4n) is 2.24. The Balaban J connectivity index is 1.74. The predicted octanol–water partition coefficient (Wildman–Crippen LogP) is 2.00. The zero-order valence-electron chi connectivity index (χ0n) is 11.7. The molecule has 0 atom stereocenters. The fourth-order valence-corrected chi connectivity index (χ4v) is 2.24. The summed E-state index contributed by atoms with van der Waals surface area (Å²) in [5, 5.41) is 4.18. The number of aromatic nitrogens is 4. The van der Waals surface area contributed by atoms with Crippen molar-refractivity contribution < 1.29 is 0 Å². The van der Waals surface area contributed by atoms with Gasteiger partial charge >= 0.3 is 0 Å². The lowest BCUT2D eigenvalue weighted by molar-refractivity contribution is 0.306. The summed E-state index contributed by atoms with van der Waals surface area (Å²) in [6.07, 6.45) is 3.67. The number of para-hydroxylation sites is 2. The van der Waals surface area contributed by atoms with Crippen molar-refractivity contribution in [1.82, 2.24) is 24.6 Å². The van der Waals surface area contributed by atoms with Crippen molar-refractivity contribution in [1.29, 1.82) is 0 Å². The smallest absolute Gasteiger partial charge is 0.0890 e. The molecule has 0 unspecified atom stereocenters. The van der Waals surface area contributed by atoms with E-state index in [4.69, 9.17) is 0 Å². The second-order valence-electron chi connectivity index (χ2n) is 4.97. The molecule has 0 aliphatic rings. The molecule has 3 rings (SSSR count). The molecule has 0 fully saturated rings. The third-order valence-corrected chi connectivity index (χ3v) is 3.28. The molecule has 0 saturated carbocycles. The number of aryl methyl sites for hydroxylation is 1. The van der Waals surface area contributed by atoms with Crippen LogP contribution in [0.2, 0.25) is 0 Å². The molecule has 0 aliphatic heterocycles. The van der Waals surface area contributed by atoms with Crippen LogP contribution < -0.4 is 0 Å². The van der Waals surface area contributed by atoms with Gasteiger partial charge < -0.3 is 0 Å². The number of nitrogens with zero attached hydrogens (tertiary/aromatic N) is 5. The highest BCUT2D eigenvalue weighted by molar-refractivity contribution is 5.73. The van der Waals surface area contributed by atoms with E-state index in [1.807, 2.05) is 54.5 Å². The van der Waals surface area contributed by atoms with Crippen molar-refractivity contribution in [2.75, 3.05) is 7.05 Å². The summed E-state index contributed by atoms with van der Waals surface area (Å²) >= 11 is 0. The van der Waals surface area contributed by atoms with Gasteiger partial charge in [0, 0.05) is 26.3 Å². The zero-order chi connectivity index (χ0) is 13.9.